The van der Waals surface area contributed by atoms with E-state index >= 15 is 0 Å². The Bertz CT molecular complexity index is 1090. The molecule has 0 bridgehead atoms. The molecule has 0 saturated carbocycles. The first-order chi connectivity index (χ1) is 14.0. The van der Waals surface area contributed by atoms with E-state index in [0.717, 1.165) is 11.0 Å². The van der Waals surface area contributed by atoms with Gasteiger partial charge in [0.15, 0.2) is 0 Å². The minimum atomic E-state index is -0.442. The number of halogens is 1. The van der Waals surface area contributed by atoms with E-state index in [4.69, 9.17) is 11.6 Å². The lowest BCUT2D eigenvalue weighted by Gasteiger charge is -2.43. The summed E-state index contributed by atoms with van der Waals surface area (Å²) in [4.78, 5) is 27.4. The number of hydrogen-bond donors (Lipinski definition) is 2. The van der Waals surface area contributed by atoms with Gasteiger partial charge >= 0.3 is 0 Å². The monoisotopic (exact) mass is 413 g/mol. The zero-order valence-corrected chi connectivity index (χ0v) is 16.5. The van der Waals surface area contributed by atoms with Gasteiger partial charge in [0.25, 0.3) is 11.6 Å². The van der Waals surface area contributed by atoms with Crippen molar-refractivity contribution in [2.45, 2.75) is 13.0 Å². The van der Waals surface area contributed by atoms with Crippen LogP contribution < -0.4 is 21.3 Å². The first-order valence-electron chi connectivity index (χ1n) is 9.27. The molecule has 2 N–H and O–H groups in total. The van der Waals surface area contributed by atoms with Crippen LogP contribution in [0.15, 0.2) is 48.5 Å². The smallest absolute Gasteiger partial charge is 0.270 e. The Hall–Kier alpha value is -3.26. The number of fused-ring (bicyclic) bond motifs is 1. The van der Waals surface area contributed by atoms with Crippen LogP contribution in [-0.2, 0) is 0 Å². The van der Waals surface area contributed by atoms with Gasteiger partial charge in [0.1, 0.15) is 11.0 Å². The molecule has 0 aromatic heterocycles. The fourth-order valence-corrected chi connectivity index (χ4v) is 3.95. The number of hydrogen-bond acceptors (Lipinski definition) is 6. The lowest BCUT2D eigenvalue weighted by atomic mass is 10.1. The number of carbonyl (C=O) groups excluding carboxylic acids is 1. The molecule has 2 heterocycles. The van der Waals surface area contributed by atoms with Crippen LogP contribution in [0.1, 0.15) is 17.3 Å². The van der Waals surface area contributed by atoms with Crippen molar-refractivity contribution in [3.8, 4) is 0 Å². The fraction of sp³-hybridized carbons (Fsp3) is 0.250. The summed E-state index contributed by atoms with van der Waals surface area (Å²) in [5, 5.41) is 12.8. The number of carbonyl (C=O) groups is 1. The fourth-order valence-electron chi connectivity index (χ4n) is 3.75. The van der Waals surface area contributed by atoms with Crippen molar-refractivity contribution in [1.29, 1.82) is 0 Å². The van der Waals surface area contributed by atoms with Crippen LogP contribution >= 0.6 is 11.6 Å². The highest BCUT2D eigenvalue weighted by Crippen LogP contribution is 2.17. The maximum Gasteiger partial charge on any atom is 0.270 e. The number of benzene rings is 2. The topological polar surface area (TPSA) is 90.8 Å². The lowest BCUT2D eigenvalue weighted by molar-refractivity contribution is -0.385. The van der Waals surface area contributed by atoms with Gasteiger partial charge < -0.3 is 9.80 Å². The molecule has 0 spiro atoms. The first-order valence-corrected chi connectivity index (χ1v) is 9.65. The maximum absolute atomic E-state index is 12.8. The SMILES string of the molecule is C[C@@H]1CN(C(=O)c2ccccc2)CCN1C1=c2ccc([N+](=O)[O-])cc2=C(Cl)NN1. The van der Waals surface area contributed by atoms with Gasteiger partial charge in [-0.25, -0.2) is 0 Å². The minimum absolute atomic E-state index is 0.0173. The van der Waals surface area contributed by atoms with Gasteiger partial charge in [-0.3, -0.25) is 25.8 Å². The zero-order chi connectivity index (χ0) is 20.5. The summed E-state index contributed by atoms with van der Waals surface area (Å²) in [5.41, 5.74) is 6.64. The van der Waals surface area contributed by atoms with Crippen molar-refractivity contribution < 1.29 is 9.72 Å². The Labute approximate surface area is 172 Å². The normalized spacial score (nSPS) is 18.6. The van der Waals surface area contributed by atoms with Crippen molar-refractivity contribution in [2.75, 3.05) is 19.6 Å². The number of nitro groups is 1. The molecule has 9 heteroatoms. The Balaban J connectivity index is 1.63. The van der Waals surface area contributed by atoms with E-state index in [1.165, 1.54) is 12.1 Å². The Morgan fingerprint density at radius 2 is 1.90 bits per heavy atom. The quantitative estimate of drug-likeness (QED) is 0.442. The van der Waals surface area contributed by atoms with Gasteiger partial charge in [-0.05, 0) is 25.1 Å². The summed E-state index contributed by atoms with van der Waals surface area (Å²) in [7, 11) is 0. The molecule has 0 unspecified atom stereocenters. The molecular formula is C20H20ClN5O3. The van der Waals surface area contributed by atoms with Crippen LogP contribution in [0, 0.1) is 10.1 Å². The van der Waals surface area contributed by atoms with Crippen molar-refractivity contribution in [1.82, 2.24) is 20.7 Å². The molecule has 4 rings (SSSR count). The molecule has 0 aliphatic carbocycles. The van der Waals surface area contributed by atoms with Crippen LogP contribution in [0.25, 0.3) is 11.0 Å². The first kappa shape index (κ1) is 19.1. The predicted octanol–water partition coefficient (Wildman–Crippen LogP) is 0.919. The number of hydrazine groups is 1. The van der Waals surface area contributed by atoms with Gasteiger partial charge in [0.05, 0.1) is 4.92 Å². The predicted molar refractivity (Wildman–Crippen MR) is 110 cm³/mol. The van der Waals surface area contributed by atoms with Crippen LogP contribution in [0.3, 0.4) is 0 Å². The van der Waals surface area contributed by atoms with Gasteiger partial charge in [-0.2, -0.15) is 0 Å². The van der Waals surface area contributed by atoms with Crippen molar-refractivity contribution in [3.05, 3.63) is 74.6 Å². The van der Waals surface area contributed by atoms with E-state index in [0.29, 0.717) is 35.6 Å². The molecule has 2 aromatic carbocycles. The van der Waals surface area contributed by atoms with E-state index < -0.39 is 4.92 Å². The molecule has 2 aromatic rings. The number of nitrogens with one attached hydrogen (secondary N) is 2. The molecule has 1 fully saturated rings. The van der Waals surface area contributed by atoms with Gasteiger partial charge in [-0.1, -0.05) is 29.8 Å². The standard InChI is InChI=1S/C20H20ClN5O3/c1-13-12-24(20(27)14-5-3-2-4-6-14)9-10-25(13)19-16-8-7-15(26(28)29)11-17(16)18(21)22-23-19/h2-8,11,13,22-23H,9-10,12H2,1H3/t13-/m1/s1. The van der Waals surface area contributed by atoms with Crippen LogP contribution in [0.4, 0.5) is 5.69 Å². The second kappa shape index (κ2) is 7.63. The number of non-ortho nitro benzene ring substituents is 1. The summed E-state index contributed by atoms with van der Waals surface area (Å²) in [6, 6.07) is 13.9. The second-order valence-corrected chi connectivity index (χ2v) is 7.44. The van der Waals surface area contributed by atoms with Crippen molar-refractivity contribution >= 4 is 34.2 Å². The lowest BCUT2D eigenvalue weighted by Crippen LogP contribution is -2.59. The summed E-state index contributed by atoms with van der Waals surface area (Å²) in [6.07, 6.45) is 0. The Morgan fingerprint density at radius 1 is 1.14 bits per heavy atom. The highest BCUT2D eigenvalue weighted by Gasteiger charge is 2.30. The van der Waals surface area contributed by atoms with Gasteiger partial charge in [-0.15, -0.1) is 0 Å². The second-order valence-electron chi connectivity index (χ2n) is 7.06. The third-order valence-corrected chi connectivity index (χ3v) is 5.52. The van der Waals surface area contributed by atoms with Crippen LogP contribution in [0.2, 0.25) is 0 Å². The number of nitro benzene ring substituents is 1. The third-order valence-electron chi connectivity index (χ3n) is 5.22. The molecule has 2 aliphatic heterocycles. The number of rotatable bonds is 3. The molecule has 2 aliphatic rings. The summed E-state index contributed by atoms with van der Waals surface area (Å²) in [5.74, 6) is 0.808. The summed E-state index contributed by atoms with van der Waals surface area (Å²) in [6.45, 7) is 3.81. The van der Waals surface area contributed by atoms with Crippen molar-refractivity contribution in [2.24, 2.45) is 0 Å². The average molecular weight is 414 g/mol. The third kappa shape index (κ3) is 3.58. The van der Waals surface area contributed by atoms with Crippen LogP contribution in [0.5, 0.6) is 0 Å². The van der Waals surface area contributed by atoms with Gasteiger partial charge in [0.2, 0.25) is 0 Å². The number of amides is 1. The zero-order valence-electron chi connectivity index (χ0n) is 15.8. The summed E-state index contributed by atoms with van der Waals surface area (Å²) < 4.78 is 0. The average Bonchev–Trinajstić information content (AvgIpc) is 2.74. The molecular weight excluding hydrogens is 394 g/mol. The van der Waals surface area contributed by atoms with E-state index in [2.05, 4.69) is 15.8 Å². The largest absolute Gasteiger partial charge is 0.350 e. The highest BCUT2D eigenvalue weighted by atomic mass is 35.5. The highest BCUT2D eigenvalue weighted by molar-refractivity contribution is 6.44. The Kier molecular flexibility index (Phi) is 5.02. The van der Waals surface area contributed by atoms with Crippen molar-refractivity contribution in [3.63, 3.8) is 0 Å². The number of piperazine rings is 1. The molecule has 0 radical (unpaired) electrons. The van der Waals surface area contributed by atoms with Crippen LogP contribution in [-0.4, -0.2) is 46.3 Å². The van der Waals surface area contributed by atoms with Gasteiger partial charge in [0, 0.05) is 53.8 Å². The molecule has 1 atom stereocenters. The molecule has 8 nitrogen and oxygen atoms in total. The van der Waals surface area contributed by atoms with E-state index in [-0.39, 0.29) is 17.6 Å². The minimum Gasteiger partial charge on any atom is -0.350 e. The maximum atomic E-state index is 12.8. The van der Waals surface area contributed by atoms with E-state index in [1.54, 1.807) is 6.07 Å². The summed E-state index contributed by atoms with van der Waals surface area (Å²) >= 11 is 6.23. The molecule has 29 heavy (non-hydrogen) atoms. The molecule has 1 saturated heterocycles. The van der Waals surface area contributed by atoms with E-state index in [1.807, 2.05) is 42.2 Å². The van der Waals surface area contributed by atoms with E-state index in [9.17, 15) is 14.9 Å². The molecule has 150 valence electrons. The number of nitrogens with zero attached hydrogens (tertiary/aromatic N) is 3. The Morgan fingerprint density at radius 3 is 2.59 bits per heavy atom. The molecule has 1 amide bonds.